The van der Waals surface area contributed by atoms with Gasteiger partial charge in [-0.05, 0) is 59.6 Å². The zero-order chi connectivity index (χ0) is 24.7. The van der Waals surface area contributed by atoms with Gasteiger partial charge < -0.3 is 14.8 Å². The number of anilines is 1. The summed E-state index contributed by atoms with van der Waals surface area (Å²) in [6.07, 6.45) is 4.14. The standard InChI is InChI=1S/C30H41N3O/c1-7-8-18-33(21-26-15-12-19-32(26)20-25-14-10-9-13-24(25)6)30(34)31-29-27(22(2)3)16-11-17-28(29)23(4)5/h9-17,19,22-23H,7-8,18,20-21H2,1-6H3,(H,31,34). The lowest BCUT2D eigenvalue weighted by atomic mass is 9.93. The van der Waals surface area contributed by atoms with Gasteiger partial charge in [-0.3, -0.25) is 0 Å². The van der Waals surface area contributed by atoms with Crippen molar-refractivity contribution in [3.63, 3.8) is 0 Å². The molecule has 34 heavy (non-hydrogen) atoms. The molecule has 0 saturated carbocycles. The molecular formula is C30H41N3O. The number of amides is 2. The lowest BCUT2D eigenvalue weighted by Crippen LogP contribution is -2.36. The number of rotatable bonds is 10. The molecule has 4 heteroatoms. The molecule has 182 valence electrons. The second-order valence-corrected chi connectivity index (χ2v) is 9.88. The summed E-state index contributed by atoms with van der Waals surface area (Å²) in [6.45, 7) is 15.2. The largest absolute Gasteiger partial charge is 0.345 e. The Morgan fingerprint density at radius 1 is 0.941 bits per heavy atom. The SMILES string of the molecule is CCCCN(Cc1cccn1Cc1ccccc1C)C(=O)Nc1c(C(C)C)cccc1C(C)C. The molecule has 2 aromatic carbocycles. The van der Waals surface area contributed by atoms with Gasteiger partial charge in [0.05, 0.1) is 6.54 Å². The number of unbranched alkanes of at least 4 members (excludes halogenated alkanes) is 1. The molecule has 0 unspecified atom stereocenters. The molecule has 0 radical (unpaired) electrons. The lowest BCUT2D eigenvalue weighted by molar-refractivity contribution is 0.206. The summed E-state index contributed by atoms with van der Waals surface area (Å²) in [5.74, 6) is 0.675. The highest BCUT2D eigenvalue weighted by atomic mass is 16.2. The number of hydrogen-bond donors (Lipinski definition) is 1. The molecule has 1 aromatic heterocycles. The molecule has 1 heterocycles. The van der Waals surface area contributed by atoms with Crippen LogP contribution in [0.5, 0.6) is 0 Å². The third kappa shape index (κ3) is 6.31. The highest BCUT2D eigenvalue weighted by Gasteiger charge is 2.20. The zero-order valence-corrected chi connectivity index (χ0v) is 21.8. The molecule has 2 amide bonds. The number of carbonyl (C=O) groups excluding carboxylic acids is 1. The first kappa shape index (κ1) is 25.6. The summed E-state index contributed by atoms with van der Waals surface area (Å²) >= 11 is 0. The highest BCUT2D eigenvalue weighted by molar-refractivity contribution is 5.91. The van der Waals surface area contributed by atoms with Gasteiger partial charge in [-0.1, -0.05) is 83.5 Å². The Labute approximate surface area is 206 Å². The summed E-state index contributed by atoms with van der Waals surface area (Å²) in [5.41, 5.74) is 7.10. The molecule has 0 bridgehead atoms. The van der Waals surface area contributed by atoms with Crippen molar-refractivity contribution in [2.45, 2.75) is 79.3 Å². The minimum Gasteiger partial charge on any atom is -0.345 e. The summed E-state index contributed by atoms with van der Waals surface area (Å²) in [5, 5.41) is 3.32. The van der Waals surface area contributed by atoms with Gasteiger partial charge in [-0.2, -0.15) is 0 Å². The monoisotopic (exact) mass is 459 g/mol. The van der Waals surface area contributed by atoms with Crippen LogP contribution in [-0.2, 0) is 13.1 Å². The number of aryl methyl sites for hydroxylation is 1. The van der Waals surface area contributed by atoms with E-state index in [9.17, 15) is 4.79 Å². The van der Waals surface area contributed by atoms with E-state index in [1.807, 2.05) is 4.90 Å². The quantitative estimate of drug-likeness (QED) is 0.328. The second-order valence-electron chi connectivity index (χ2n) is 9.88. The van der Waals surface area contributed by atoms with Gasteiger partial charge in [0.15, 0.2) is 0 Å². The van der Waals surface area contributed by atoms with Crippen LogP contribution in [0, 0.1) is 6.92 Å². The molecule has 0 fully saturated rings. The van der Waals surface area contributed by atoms with Crippen molar-refractivity contribution < 1.29 is 4.79 Å². The number of nitrogens with one attached hydrogen (secondary N) is 1. The average Bonchev–Trinajstić information content (AvgIpc) is 3.24. The number of nitrogens with zero attached hydrogens (tertiary/aromatic N) is 2. The molecule has 3 aromatic rings. The van der Waals surface area contributed by atoms with Crippen LogP contribution in [-0.4, -0.2) is 22.0 Å². The Kier molecular flexibility index (Phi) is 8.98. The Morgan fingerprint density at radius 3 is 2.24 bits per heavy atom. The first-order valence-corrected chi connectivity index (χ1v) is 12.7. The van der Waals surface area contributed by atoms with Crippen LogP contribution < -0.4 is 5.32 Å². The van der Waals surface area contributed by atoms with Crippen molar-refractivity contribution in [2.24, 2.45) is 0 Å². The van der Waals surface area contributed by atoms with Crippen molar-refractivity contribution in [1.29, 1.82) is 0 Å². The second kappa shape index (κ2) is 11.9. The van der Waals surface area contributed by atoms with E-state index < -0.39 is 0 Å². The molecule has 1 N–H and O–H groups in total. The first-order valence-electron chi connectivity index (χ1n) is 12.7. The van der Waals surface area contributed by atoms with E-state index in [4.69, 9.17) is 0 Å². The van der Waals surface area contributed by atoms with Crippen molar-refractivity contribution in [2.75, 3.05) is 11.9 Å². The predicted octanol–water partition coefficient (Wildman–Crippen LogP) is 7.93. The van der Waals surface area contributed by atoms with Gasteiger partial charge in [0.1, 0.15) is 0 Å². The van der Waals surface area contributed by atoms with E-state index in [2.05, 4.69) is 112 Å². The minimum absolute atomic E-state index is 0.0212. The van der Waals surface area contributed by atoms with Crippen LogP contribution in [0.1, 0.15) is 87.2 Å². The van der Waals surface area contributed by atoms with E-state index in [1.54, 1.807) is 0 Å². The molecule has 0 spiro atoms. The minimum atomic E-state index is -0.0212. The van der Waals surface area contributed by atoms with Gasteiger partial charge in [0.2, 0.25) is 0 Å². The van der Waals surface area contributed by atoms with Crippen LogP contribution in [0.25, 0.3) is 0 Å². The zero-order valence-electron chi connectivity index (χ0n) is 21.8. The summed E-state index contributed by atoms with van der Waals surface area (Å²) in [6, 6.07) is 19.1. The summed E-state index contributed by atoms with van der Waals surface area (Å²) < 4.78 is 2.26. The van der Waals surface area contributed by atoms with Crippen LogP contribution in [0.2, 0.25) is 0 Å². The van der Waals surface area contributed by atoms with Gasteiger partial charge in [0, 0.05) is 30.7 Å². The molecule has 0 aliphatic carbocycles. The van der Waals surface area contributed by atoms with Crippen molar-refractivity contribution >= 4 is 11.7 Å². The third-order valence-corrected chi connectivity index (χ3v) is 6.55. The van der Waals surface area contributed by atoms with E-state index in [0.29, 0.717) is 18.4 Å². The van der Waals surface area contributed by atoms with E-state index >= 15 is 0 Å². The Hall–Kier alpha value is -3.01. The number of para-hydroxylation sites is 1. The fourth-order valence-electron chi connectivity index (χ4n) is 4.40. The number of hydrogen-bond acceptors (Lipinski definition) is 1. The van der Waals surface area contributed by atoms with Gasteiger partial charge in [0.25, 0.3) is 0 Å². The van der Waals surface area contributed by atoms with Crippen molar-refractivity contribution in [1.82, 2.24) is 9.47 Å². The first-order chi connectivity index (χ1) is 16.3. The van der Waals surface area contributed by atoms with Crippen molar-refractivity contribution in [3.05, 3.63) is 88.7 Å². The number of benzene rings is 2. The normalized spacial score (nSPS) is 11.3. The molecule has 0 aliphatic heterocycles. The lowest BCUT2D eigenvalue weighted by Gasteiger charge is -2.27. The van der Waals surface area contributed by atoms with Gasteiger partial charge >= 0.3 is 6.03 Å². The van der Waals surface area contributed by atoms with Gasteiger partial charge in [-0.15, -0.1) is 0 Å². The van der Waals surface area contributed by atoms with E-state index in [-0.39, 0.29) is 6.03 Å². The van der Waals surface area contributed by atoms with Crippen LogP contribution in [0.4, 0.5) is 10.5 Å². The molecule has 0 aliphatic rings. The van der Waals surface area contributed by atoms with Crippen LogP contribution in [0.3, 0.4) is 0 Å². The maximum Gasteiger partial charge on any atom is 0.322 e. The maximum absolute atomic E-state index is 13.6. The number of aromatic nitrogens is 1. The molecule has 4 nitrogen and oxygen atoms in total. The van der Waals surface area contributed by atoms with Gasteiger partial charge in [-0.25, -0.2) is 4.79 Å². The summed E-state index contributed by atoms with van der Waals surface area (Å²) in [4.78, 5) is 15.6. The molecular weight excluding hydrogens is 418 g/mol. The van der Waals surface area contributed by atoms with Crippen LogP contribution in [0.15, 0.2) is 60.8 Å². The fourth-order valence-corrected chi connectivity index (χ4v) is 4.40. The maximum atomic E-state index is 13.6. The van der Waals surface area contributed by atoms with Crippen LogP contribution >= 0.6 is 0 Å². The van der Waals surface area contributed by atoms with E-state index in [0.717, 1.165) is 37.3 Å². The molecule has 0 atom stereocenters. The smallest absolute Gasteiger partial charge is 0.322 e. The topological polar surface area (TPSA) is 37.3 Å². The predicted molar refractivity (Wildman–Crippen MR) is 144 cm³/mol. The Bertz CT molecular complexity index is 1050. The Morgan fingerprint density at radius 2 is 1.62 bits per heavy atom. The molecule has 0 saturated heterocycles. The Balaban J connectivity index is 1.85. The number of carbonyl (C=O) groups is 1. The van der Waals surface area contributed by atoms with E-state index in [1.165, 1.54) is 22.3 Å². The average molecular weight is 460 g/mol. The third-order valence-electron chi connectivity index (χ3n) is 6.55. The fraction of sp³-hybridized carbons (Fsp3) is 0.433. The number of urea groups is 1. The highest BCUT2D eigenvalue weighted by Crippen LogP contribution is 2.32. The van der Waals surface area contributed by atoms with Crippen molar-refractivity contribution in [3.8, 4) is 0 Å². The molecule has 3 rings (SSSR count). The summed E-state index contributed by atoms with van der Waals surface area (Å²) in [7, 11) is 0.